The molecular weight excluding hydrogens is 220 g/mol. The van der Waals surface area contributed by atoms with Gasteiger partial charge in [-0.1, -0.05) is 11.6 Å². The molecule has 0 amide bonds. The van der Waals surface area contributed by atoms with Crippen LogP contribution >= 0.6 is 11.6 Å². The molecule has 2 aliphatic rings. The van der Waals surface area contributed by atoms with Crippen LogP contribution in [0.5, 0.6) is 0 Å². The zero-order valence-electron chi connectivity index (χ0n) is 9.54. The molecule has 3 rings (SSSR count). The molecule has 1 fully saturated rings. The second-order valence-corrected chi connectivity index (χ2v) is 5.34. The highest BCUT2D eigenvalue weighted by Gasteiger charge is 2.33. The Labute approximate surface area is 102 Å². The van der Waals surface area contributed by atoms with Crippen LogP contribution in [0.4, 0.5) is 5.69 Å². The van der Waals surface area contributed by atoms with Gasteiger partial charge in [0.25, 0.3) is 0 Å². The maximum atomic E-state index is 6.07. The lowest BCUT2D eigenvalue weighted by Crippen LogP contribution is -2.51. The highest BCUT2D eigenvalue weighted by molar-refractivity contribution is 6.30. The van der Waals surface area contributed by atoms with Gasteiger partial charge in [-0.3, -0.25) is 0 Å². The van der Waals surface area contributed by atoms with Gasteiger partial charge in [0.2, 0.25) is 0 Å². The normalized spacial score (nSPS) is 28.5. The summed E-state index contributed by atoms with van der Waals surface area (Å²) < 4.78 is 0. The molecule has 0 spiro atoms. The fraction of sp³-hybridized carbons (Fsp3) is 0.538. The molecular formula is C13H17ClN2. The van der Waals surface area contributed by atoms with Gasteiger partial charge in [-0.2, -0.15) is 0 Å². The van der Waals surface area contributed by atoms with Crippen LogP contribution < -0.4 is 10.2 Å². The summed E-state index contributed by atoms with van der Waals surface area (Å²) in [5, 5.41) is 4.35. The SMILES string of the molecule is CN1c2ccc(Cl)cc2CC2CNCCC21. The van der Waals surface area contributed by atoms with Gasteiger partial charge < -0.3 is 10.2 Å². The number of nitrogens with zero attached hydrogens (tertiary/aromatic N) is 1. The number of hydrogen-bond donors (Lipinski definition) is 1. The minimum Gasteiger partial charge on any atom is -0.371 e. The quantitative estimate of drug-likeness (QED) is 0.744. The molecule has 1 aromatic rings. The Morgan fingerprint density at radius 3 is 3.19 bits per heavy atom. The van der Waals surface area contributed by atoms with Gasteiger partial charge in [0.05, 0.1) is 0 Å². The van der Waals surface area contributed by atoms with E-state index in [4.69, 9.17) is 11.6 Å². The summed E-state index contributed by atoms with van der Waals surface area (Å²) in [7, 11) is 2.22. The van der Waals surface area contributed by atoms with E-state index in [0.29, 0.717) is 6.04 Å². The number of hydrogen-bond acceptors (Lipinski definition) is 2. The van der Waals surface area contributed by atoms with Crippen LogP contribution in [-0.4, -0.2) is 26.2 Å². The predicted molar refractivity (Wildman–Crippen MR) is 68.3 cm³/mol. The van der Waals surface area contributed by atoms with Gasteiger partial charge in [0, 0.05) is 30.3 Å². The topological polar surface area (TPSA) is 15.3 Å². The largest absolute Gasteiger partial charge is 0.371 e. The molecule has 0 aromatic heterocycles. The molecule has 2 atom stereocenters. The predicted octanol–water partition coefficient (Wildman–Crippen LogP) is 2.31. The van der Waals surface area contributed by atoms with Crippen LogP contribution in [0.3, 0.4) is 0 Å². The lowest BCUT2D eigenvalue weighted by atomic mass is 9.82. The molecule has 86 valence electrons. The minimum absolute atomic E-state index is 0.704. The Balaban J connectivity index is 1.99. The maximum Gasteiger partial charge on any atom is 0.0410 e. The number of fused-ring (bicyclic) bond motifs is 2. The average Bonchev–Trinajstić information content (AvgIpc) is 2.29. The number of piperidine rings is 1. The van der Waals surface area contributed by atoms with Crippen molar-refractivity contribution in [1.29, 1.82) is 0 Å². The van der Waals surface area contributed by atoms with E-state index in [2.05, 4.69) is 29.4 Å². The number of rotatable bonds is 0. The van der Waals surface area contributed by atoms with E-state index in [1.54, 1.807) is 0 Å². The van der Waals surface area contributed by atoms with Gasteiger partial charge in [0.1, 0.15) is 0 Å². The third kappa shape index (κ3) is 1.61. The summed E-state index contributed by atoms with van der Waals surface area (Å²) in [5.41, 5.74) is 2.77. The highest BCUT2D eigenvalue weighted by Crippen LogP contribution is 2.36. The highest BCUT2D eigenvalue weighted by atomic mass is 35.5. The third-order valence-corrected chi connectivity index (χ3v) is 4.20. The Bertz CT molecular complexity index is 405. The molecule has 2 heterocycles. The molecule has 2 nitrogen and oxygen atoms in total. The van der Waals surface area contributed by atoms with Crippen LogP contribution in [0.2, 0.25) is 5.02 Å². The van der Waals surface area contributed by atoms with Crippen molar-refractivity contribution in [1.82, 2.24) is 5.32 Å². The van der Waals surface area contributed by atoms with E-state index in [0.717, 1.165) is 30.5 Å². The molecule has 0 bridgehead atoms. The van der Waals surface area contributed by atoms with Gasteiger partial charge in [-0.05, 0) is 49.1 Å². The van der Waals surface area contributed by atoms with Crippen LogP contribution in [0.1, 0.15) is 12.0 Å². The van der Waals surface area contributed by atoms with Gasteiger partial charge in [0.15, 0.2) is 0 Å². The lowest BCUT2D eigenvalue weighted by Gasteiger charge is -2.44. The summed E-state index contributed by atoms with van der Waals surface area (Å²) in [6, 6.07) is 6.99. The van der Waals surface area contributed by atoms with Crippen molar-refractivity contribution in [3.63, 3.8) is 0 Å². The average molecular weight is 237 g/mol. The molecule has 16 heavy (non-hydrogen) atoms. The molecule has 0 aliphatic carbocycles. The summed E-state index contributed by atoms with van der Waals surface area (Å²) >= 11 is 6.07. The first-order valence-electron chi connectivity index (χ1n) is 5.97. The van der Waals surface area contributed by atoms with Crippen molar-refractivity contribution in [2.45, 2.75) is 18.9 Å². The molecule has 3 heteroatoms. The zero-order chi connectivity index (χ0) is 11.1. The molecule has 2 aliphatic heterocycles. The van der Waals surface area contributed by atoms with E-state index in [1.807, 2.05) is 6.07 Å². The Morgan fingerprint density at radius 2 is 2.31 bits per heavy atom. The van der Waals surface area contributed by atoms with E-state index in [9.17, 15) is 0 Å². The standard InChI is InChI=1S/C13H17ClN2/c1-16-12-3-2-11(14)7-9(12)6-10-8-15-5-4-13(10)16/h2-3,7,10,13,15H,4-6,8H2,1H3. The second kappa shape index (κ2) is 3.94. The Morgan fingerprint density at radius 1 is 1.44 bits per heavy atom. The van der Waals surface area contributed by atoms with Gasteiger partial charge >= 0.3 is 0 Å². The third-order valence-electron chi connectivity index (χ3n) is 3.97. The fourth-order valence-corrected chi connectivity index (χ4v) is 3.34. The number of anilines is 1. The van der Waals surface area contributed by atoms with Crippen molar-refractivity contribution in [2.24, 2.45) is 5.92 Å². The van der Waals surface area contributed by atoms with Crippen molar-refractivity contribution in [3.8, 4) is 0 Å². The molecule has 1 aromatic carbocycles. The molecule has 2 unspecified atom stereocenters. The smallest absolute Gasteiger partial charge is 0.0410 e. The first-order chi connectivity index (χ1) is 7.75. The second-order valence-electron chi connectivity index (χ2n) is 4.91. The van der Waals surface area contributed by atoms with Crippen LogP contribution in [0, 0.1) is 5.92 Å². The van der Waals surface area contributed by atoms with Gasteiger partial charge in [-0.25, -0.2) is 0 Å². The molecule has 1 saturated heterocycles. The maximum absolute atomic E-state index is 6.07. The molecule has 1 N–H and O–H groups in total. The molecule has 0 saturated carbocycles. The summed E-state index contributed by atoms with van der Waals surface area (Å²) in [6.45, 7) is 2.29. The summed E-state index contributed by atoms with van der Waals surface area (Å²) in [4.78, 5) is 2.45. The molecule has 0 radical (unpaired) electrons. The Hall–Kier alpha value is -0.730. The van der Waals surface area contributed by atoms with Crippen molar-refractivity contribution in [3.05, 3.63) is 28.8 Å². The minimum atomic E-state index is 0.704. The van der Waals surface area contributed by atoms with Crippen molar-refractivity contribution >= 4 is 17.3 Å². The first-order valence-corrected chi connectivity index (χ1v) is 6.35. The van der Waals surface area contributed by atoms with Crippen molar-refractivity contribution in [2.75, 3.05) is 25.0 Å². The summed E-state index contributed by atoms with van der Waals surface area (Å²) in [5.74, 6) is 0.740. The van der Waals surface area contributed by atoms with E-state index in [1.165, 1.54) is 17.7 Å². The van der Waals surface area contributed by atoms with Crippen LogP contribution in [0.25, 0.3) is 0 Å². The van der Waals surface area contributed by atoms with Crippen LogP contribution in [-0.2, 0) is 6.42 Å². The zero-order valence-corrected chi connectivity index (χ0v) is 10.3. The van der Waals surface area contributed by atoms with Crippen molar-refractivity contribution < 1.29 is 0 Å². The monoisotopic (exact) mass is 236 g/mol. The summed E-state index contributed by atoms with van der Waals surface area (Å²) in [6.07, 6.45) is 2.42. The van der Waals surface area contributed by atoms with E-state index >= 15 is 0 Å². The number of nitrogens with one attached hydrogen (secondary N) is 1. The first kappa shape index (κ1) is 10.4. The van der Waals surface area contributed by atoms with Crippen LogP contribution in [0.15, 0.2) is 18.2 Å². The lowest BCUT2D eigenvalue weighted by molar-refractivity contribution is 0.304. The Kier molecular flexibility index (Phi) is 2.56. The van der Waals surface area contributed by atoms with E-state index < -0.39 is 0 Å². The number of halogens is 1. The fourth-order valence-electron chi connectivity index (χ4n) is 3.15. The van der Waals surface area contributed by atoms with Gasteiger partial charge in [-0.15, -0.1) is 0 Å². The number of benzene rings is 1. The van der Waals surface area contributed by atoms with E-state index in [-0.39, 0.29) is 0 Å².